The molecule has 0 aromatic carbocycles. The number of likely N-dealkylation sites (tertiary alicyclic amines) is 1. The van der Waals surface area contributed by atoms with Crippen molar-refractivity contribution in [3.8, 4) is 0 Å². The number of piperidine rings is 1. The van der Waals surface area contributed by atoms with Gasteiger partial charge in [0.05, 0.1) is 24.1 Å². The highest BCUT2D eigenvalue weighted by molar-refractivity contribution is 6.32. The Labute approximate surface area is 151 Å². The second kappa shape index (κ2) is 7.69. The van der Waals surface area contributed by atoms with Crippen LogP contribution in [0.4, 0.5) is 17.5 Å². The Morgan fingerprint density at radius 1 is 1.36 bits per heavy atom. The van der Waals surface area contributed by atoms with Crippen molar-refractivity contribution in [2.24, 2.45) is 0 Å². The van der Waals surface area contributed by atoms with Gasteiger partial charge >= 0.3 is 0 Å². The van der Waals surface area contributed by atoms with Crippen LogP contribution in [0.3, 0.4) is 0 Å². The number of carbonyl (C=O) groups is 1. The van der Waals surface area contributed by atoms with Gasteiger partial charge in [-0.05, 0) is 19.8 Å². The number of halogens is 1. The summed E-state index contributed by atoms with van der Waals surface area (Å²) in [7, 11) is 0. The summed E-state index contributed by atoms with van der Waals surface area (Å²) in [6, 6.07) is 0.301. The number of carbonyl (C=O) groups excluding carboxylic acids is 1. The van der Waals surface area contributed by atoms with Crippen LogP contribution < -0.4 is 10.6 Å². The van der Waals surface area contributed by atoms with Gasteiger partial charge in [-0.3, -0.25) is 9.48 Å². The molecule has 2 aromatic rings. The summed E-state index contributed by atoms with van der Waals surface area (Å²) < 4.78 is 1.95. The van der Waals surface area contributed by atoms with Crippen molar-refractivity contribution in [3.05, 3.63) is 23.6 Å². The minimum Gasteiger partial charge on any atom is -0.369 e. The van der Waals surface area contributed by atoms with E-state index in [-0.39, 0.29) is 5.91 Å². The lowest BCUT2D eigenvalue weighted by atomic mass is 10.1. The van der Waals surface area contributed by atoms with Crippen LogP contribution in [0.2, 0.25) is 5.02 Å². The zero-order valence-electron chi connectivity index (χ0n) is 14.4. The second-order valence-corrected chi connectivity index (χ2v) is 6.40. The molecule has 1 saturated heterocycles. The Hall–Kier alpha value is -2.35. The number of amides is 1. The second-order valence-electron chi connectivity index (χ2n) is 5.99. The van der Waals surface area contributed by atoms with E-state index in [0.717, 1.165) is 38.2 Å². The number of nitrogens with zero attached hydrogens (tertiary/aromatic N) is 5. The molecule has 134 valence electrons. The van der Waals surface area contributed by atoms with Crippen molar-refractivity contribution in [2.45, 2.75) is 32.7 Å². The molecule has 25 heavy (non-hydrogen) atoms. The number of rotatable bonds is 5. The van der Waals surface area contributed by atoms with E-state index < -0.39 is 0 Å². The fourth-order valence-electron chi connectivity index (χ4n) is 2.90. The van der Waals surface area contributed by atoms with Crippen molar-refractivity contribution in [2.75, 3.05) is 30.3 Å². The average Bonchev–Trinajstić information content (AvgIpc) is 3.07. The summed E-state index contributed by atoms with van der Waals surface area (Å²) in [4.78, 5) is 21.8. The van der Waals surface area contributed by atoms with Gasteiger partial charge in [-0.1, -0.05) is 11.6 Å². The van der Waals surface area contributed by atoms with Crippen molar-refractivity contribution in [3.63, 3.8) is 0 Å². The summed E-state index contributed by atoms with van der Waals surface area (Å²) in [6.45, 7) is 5.87. The van der Waals surface area contributed by atoms with E-state index in [9.17, 15) is 4.79 Å². The van der Waals surface area contributed by atoms with Crippen LogP contribution in [0.1, 0.15) is 32.7 Å². The highest BCUT2D eigenvalue weighted by Gasteiger charge is 2.22. The maximum atomic E-state index is 11.4. The Balaban J connectivity index is 1.64. The molecular weight excluding hydrogens is 342 g/mol. The molecule has 0 atom stereocenters. The molecule has 9 heteroatoms. The summed E-state index contributed by atoms with van der Waals surface area (Å²) in [5.41, 5.74) is 0.818. The third-order valence-electron chi connectivity index (χ3n) is 4.23. The first kappa shape index (κ1) is 17.5. The summed E-state index contributed by atoms with van der Waals surface area (Å²) in [6.07, 6.45) is 7.07. The van der Waals surface area contributed by atoms with Crippen LogP contribution in [-0.2, 0) is 4.79 Å². The number of hydrogen-bond acceptors (Lipinski definition) is 6. The van der Waals surface area contributed by atoms with Gasteiger partial charge in [-0.25, -0.2) is 4.98 Å². The third kappa shape index (κ3) is 4.19. The number of hydrogen-bond donors (Lipinski definition) is 2. The van der Waals surface area contributed by atoms with E-state index in [0.29, 0.717) is 22.8 Å². The summed E-state index contributed by atoms with van der Waals surface area (Å²) in [5, 5.41) is 11.2. The molecule has 0 spiro atoms. The number of anilines is 3. The smallest absolute Gasteiger partial charge is 0.229 e. The quantitative estimate of drug-likeness (QED) is 0.849. The molecule has 0 bridgehead atoms. The number of nitrogens with one attached hydrogen (secondary N) is 2. The standard InChI is InChI=1S/C16H22ClN7O/c1-3-18-15-14(17)9-19-16(22-15)21-12-8-20-24(10-12)13-4-6-23(7-5-13)11(2)25/h8-10,13H,3-7H2,1-2H3,(H2,18,19,21,22). The lowest BCUT2D eigenvalue weighted by Crippen LogP contribution is -2.37. The highest BCUT2D eigenvalue weighted by atomic mass is 35.5. The molecule has 0 radical (unpaired) electrons. The Bertz CT molecular complexity index is 740. The average molecular weight is 364 g/mol. The van der Waals surface area contributed by atoms with E-state index in [1.807, 2.05) is 22.7 Å². The van der Waals surface area contributed by atoms with Crippen molar-refractivity contribution >= 4 is 35.0 Å². The lowest BCUT2D eigenvalue weighted by molar-refractivity contribution is -0.130. The molecular formula is C16H22ClN7O. The molecule has 1 amide bonds. The molecule has 1 fully saturated rings. The number of aromatic nitrogens is 4. The molecule has 2 aromatic heterocycles. The maximum absolute atomic E-state index is 11.4. The van der Waals surface area contributed by atoms with E-state index in [1.54, 1.807) is 19.3 Å². The Morgan fingerprint density at radius 2 is 2.12 bits per heavy atom. The molecule has 8 nitrogen and oxygen atoms in total. The fourth-order valence-corrected chi connectivity index (χ4v) is 3.05. The van der Waals surface area contributed by atoms with Gasteiger partial charge in [-0.2, -0.15) is 10.1 Å². The van der Waals surface area contributed by atoms with E-state index >= 15 is 0 Å². The predicted molar refractivity (Wildman–Crippen MR) is 97.2 cm³/mol. The normalized spacial score (nSPS) is 15.2. The van der Waals surface area contributed by atoms with Crippen molar-refractivity contribution < 1.29 is 4.79 Å². The van der Waals surface area contributed by atoms with E-state index in [1.165, 1.54) is 0 Å². The van der Waals surface area contributed by atoms with Crippen molar-refractivity contribution in [1.29, 1.82) is 0 Å². The zero-order chi connectivity index (χ0) is 17.8. The van der Waals surface area contributed by atoms with Crippen LogP contribution in [0.15, 0.2) is 18.6 Å². The van der Waals surface area contributed by atoms with Gasteiger partial charge in [0.15, 0.2) is 0 Å². The monoisotopic (exact) mass is 363 g/mol. The molecule has 3 heterocycles. The Morgan fingerprint density at radius 3 is 2.80 bits per heavy atom. The van der Waals surface area contributed by atoms with Gasteiger partial charge in [-0.15, -0.1) is 0 Å². The maximum Gasteiger partial charge on any atom is 0.229 e. The first-order valence-electron chi connectivity index (χ1n) is 8.40. The zero-order valence-corrected chi connectivity index (χ0v) is 15.1. The fraction of sp³-hybridized carbons (Fsp3) is 0.500. The molecule has 1 aliphatic heterocycles. The van der Waals surface area contributed by atoms with Crippen LogP contribution in [0, 0.1) is 0 Å². The van der Waals surface area contributed by atoms with Gasteiger partial charge in [0.1, 0.15) is 10.8 Å². The largest absolute Gasteiger partial charge is 0.369 e. The van der Waals surface area contributed by atoms with Gasteiger partial charge in [0.25, 0.3) is 0 Å². The van der Waals surface area contributed by atoms with Crippen molar-refractivity contribution in [1.82, 2.24) is 24.6 Å². The molecule has 3 rings (SSSR count). The molecule has 1 aliphatic rings. The Kier molecular flexibility index (Phi) is 5.37. The van der Waals surface area contributed by atoms with Gasteiger partial charge < -0.3 is 15.5 Å². The van der Waals surface area contributed by atoms with E-state index in [2.05, 4.69) is 25.7 Å². The van der Waals surface area contributed by atoms with Gasteiger partial charge in [0.2, 0.25) is 11.9 Å². The highest BCUT2D eigenvalue weighted by Crippen LogP contribution is 2.25. The SMILES string of the molecule is CCNc1nc(Nc2cnn(C3CCN(C(C)=O)CC3)c2)ncc1Cl. The first-order valence-corrected chi connectivity index (χ1v) is 8.77. The molecule has 0 aliphatic carbocycles. The molecule has 0 saturated carbocycles. The molecule has 0 unspecified atom stereocenters. The molecule has 2 N–H and O–H groups in total. The van der Waals surface area contributed by atoms with Crippen LogP contribution in [0.5, 0.6) is 0 Å². The van der Waals surface area contributed by atoms with Crippen LogP contribution in [-0.4, -0.2) is 50.2 Å². The predicted octanol–water partition coefficient (Wildman–Crippen LogP) is 2.69. The minimum absolute atomic E-state index is 0.137. The first-order chi connectivity index (χ1) is 12.1. The summed E-state index contributed by atoms with van der Waals surface area (Å²) in [5.74, 6) is 1.20. The summed E-state index contributed by atoms with van der Waals surface area (Å²) >= 11 is 6.06. The van der Waals surface area contributed by atoms with Crippen LogP contribution >= 0.6 is 11.6 Å². The minimum atomic E-state index is 0.137. The lowest BCUT2D eigenvalue weighted by Gasteiger charge is -2.31. The van der Waals surface area contributed by atoms with E-state index in [4.69, 9.17) is 11.6 Å². The van der Waals surface area contributed by atoms with Gasteiger partial charge in [0, 0.05) is 32.8 Å². The van der Waals surface area contributed by atoms with Crippen LogP contribution in [0.25, 0.3) is 0 Å². The topological polar surface area (TPSA) is 88.0 Å². The third-order valence-corrected chi connectivity index (χ3v) is 4.51.